The molecule has 0 aromatic heterocycles. The summed E-state index contributed by atoms with van der Waals surface area (Å²) in [7, 11) is -8.89. The average Bonchev–Trinajstić information content (AvgIpc) is 2.44. The molecule has 0 aromatic rings. The molecule has 0 bridgehead atoms. The quantitative estimate of drug-likeness (QED) is 0.364. The number of hydrogen-bond acceptors (Lipinski definition) is 4. The molecular formula is C22H54N2O2Si4. The van der Waals surface area contributed by atoms with Crippen molar-refractivity contribution < 1.29 is 9.05 Å². The first-order valence-electron chi connectivity index (χ1n) is 11.7. The summed E-state index contributed by atoms with van der Waals surface area (Å²) in [6.07, 6.45) is 0. The Kier molecular flexibility index (Phi) is 7.29. The van der Waals surface area contributed by atoms with E-state index in [4.69, 9.17) is 9.05 Å². The van der Waals surface area contributed by atoms with Gasteiger partial charge in [0.25, 0.3) is 0 Å². The van der Waals surface area contributed by atoms with Gasteiger partial charge in [0, 0.05) is 0 Å². The minimum atomic E-state index is -2.46. The Morgan fingerprint density at radius 2 is 0.700 bits per heavy atom. The summed E-state index contributed by atoms with van der Waals surface area (Å²) in [6.45, 7) is 43.2. The zero-order valence-corrected chi connectivity index (χ0v) is 27.7. The second-order valence-corrected chi connectivity index (χ2v) is 33.9. The minimum Gasteiger partial charge on any atom is -0.333 e. The molecule has 0 radical (unpaired) electrons. The summed E-state index contributed by atoms with van der Waals surface area (Å²) in [5, 5.41) is 0.415. The highest BCUT2D eigenvalue weighted by atomic mass is 28.4. The molecule has 0 aromatic carbocycles. The van der Waals surface area contributed by atoms with Crippen LogP contribution < -0.4 is 0 Å². The molecule has 0 amide bonds. The van der Waals surface area contributed by atoms with Crippen LogP contribution in [0, 0.1) is 0 Å². The molecule has 1 aliphatic heterocycles. The molecule has 180 valence electrons. The van der Waals surface area contributed by atoms with Gasteiger partial charge in [-0.05, 0) is 33.2 Å². The van der Waals surface area contributed by atoms with Crippen molar-refractivity contribution in [3.05, 3.63) is 0 Å². The van der Waals surface area contributed by atoms with Crippen LogP contribution in [0.2, 0.25) is 59.4 Å². The molecule has 30 heavy (non-hydrogen) atoms. The van der Waals surface area contributed by atoms with Gasteiger partial charge in [0.15, 0.2) is 16.5 Å². The first-order chi connectivity index (χ1) is 12.7. The van der Waals surface area contributed by atoms with Crippen molar-refractivity contribution in [2.24, 2.45) is 0 Å². The summed E-state index contributed by atoms with van der Waals surface area (Å²) >= 11 is 0. The van der Waals surface area contributed by atoms with Crippen LogP contribution in [-0.4, -0.2) is 42.2 Å². The van der Waals surface area contributed by atoms with Crippen molar-refractivity contribution in [2.45, 2.75) is 143 Å². The maximum atomic E-state index is 7.50. The third kappa shape index (κ3) is 4.41. The normalized spacial score (nSPS) is 29.4. The maximum Gasteiger partial charge on any atom is 0.310 e. The Hall–Kier alpha value is 0.708. The van der Waals surface area contributed by atoms with Gasteiger partial charge in [-0.1, -0.05) is 109 Å². The third-order valence-corrected chi connectivity index (χ3v) is 33.4. The van der Waals surface area contributed by atoms with Crippen LogP contribution in [0.1, 0.15) is 83.1 Å². The lowest BCUT2D eigenvalue weighted by Crippen LogP contribution is -2.85. The maximum absolute atomic E-state index is 7.50. The van der Waals surface area contributed by atoms with Gasteiger partial charge in [-0.25, -0.2) is 8.79 Å². The SMILES string of the molecule is CC(C)(C)[Si](C)(C)N1O[Si](C)(C(C)(C)C)N([Si](C)(C)C(C)(C)C)O[Si]1(C)C(C)(C)C. The van der Waals surface area contributed by atoms with E-state index in [2.05, 4.69) is 131 Å². The summed E-state index contributed by atoms with van der Waals surface area (Å²) in [5.74, 6) is 0. The molecule has 0 aliphatic carbocycles. The monoisotopic (exact) mass is 490 g/mol. The van der Waals surface area contributed by atoms with Gasteiger partial charge in [-0.3, -0.25) is 0 Å². The van der Waals surface area contributed by atoms with Crippen molar-refractivity contribution >= 4 is 33.4 Å². The van der Waals surface area contributed by atoms with Gasteiger partial charge in [0.05, 0.1) is 0 Å². The standard InChI is InChI=1S/C22H54N2O2Si4/c1-19(2,3)27(13,14)23-25-30(18,22(10,11)12)24(28(15,16)20(4,5)6)26-29(23,17)21(7,8)9/h1-18H3. The van der Waals surface area contributed by atoms with Crippen molar-refractivity contribution in [2.75, 3.05) is 0 Å². The molecule has 0 spiro atoms. The number of nitrogens with zero attached hydrogens (tertiary/aromatic N) is 2. The van der Waals surface area contributed by atoms with Gasteiger partial charge in [-0.2, -0.15) is 0 Å². The fraction of sp³-hybridized carbons (Fsp3) is 1.00. The topological polar surface area (TPSA) is 24.9 Å². The summed E-state index contributed by atoms with van der Waals surface area (Å²) < 4.78 is 20.1. The molecule has 1 rings (SSSR count). The summed E-state index contributed by atoms with van der Waals surface area (Å²) in [5.41, 5.74) is 0. The first-order valence-corrected chi connectivity index (χ1v) is 22.3. The van der Waals surface area contributed by atoms with E-state index >= 15 is 0 Å². The third-order valence-electron chi connectivity index (χ3n) is 8.78. The zero-order chi connectivity index (χ0) is 24.6. The van der Waals surface area contributed by atoms with Crippen LogP contribution in [0.25, 0.3) is 0 Å². The Morgan fingerprint density at radius 3 is 0.833 bits per heavy atom. The summed E-state index contributed by atoms with van der Waals surface area (Å²) in [6, 6.07) is 0. The molecule has 2 atom stereocenters. The average molecular weight is 491 g/mol. The van der Waals surface area contributed by atoms with E-state index in [9.17, 15) is 0 Å². The lowest BCUT2D eigenvalue weighted by molar-refractivity contribution is -0.0879. The van der Waals surface area contributed by atoms with Crippen LogP contribution in [0.3, 0.4) is 0 Å². The van der Waals surface area contributed by atoms with Crippen LogP contribution in [0.4, 0.5) is 0 Å². The van der Waals surface area contributed by atoms with E-state index in [1.165, 1.54) is 0 Å². The molecule has 0 N–H and O–H groups in total. The van der Waals surface area contributed by atoms with Crippen LogP contribution in [0.5, 0.6) is 0 Å². The Morgan fingerprint density at radius 1 is 0.500 bits per heavy atom. The lowest BCUT2D eigenvalue weighted by atomic mass is 10.2. The predicted molar refractivity (Wildman–Crippen MR) is 143 cm³/mol. The Bertz CT molecular complexity index is 585. The highest BCUT2D eigenvalue weighted by Crippen LogP contribution is 2.57. The fourth-order valence-corrected chi connectivity index (χ4v) is 25.4. The first kappa shape index (κ1) is 28.7. The van der Waals surface area contributed by atoms with Crippen molar-refractivity contribution in [3.8, 4) is 0 Å². The van der Waals surface area contributed by atoms with E-state index in [0.717, 1.165) is 0 Å². The lowest BCUT2D eigenvalue weighted by Gasteiger charge is -2.68. The van der Waals surface area contributed by atoms with Gasteiger partial charge in [-0.15, -0.1) is 0 Å². The van der Waals surface area contributed by atoms with Crippen LogP contribution >= 0.6 is 0 Å². The molecular weight excluding hydrogens is 437 g/mol. The van der Waals surface area contributed by atoms with Crippen molar-refractivity contribution in [1.82, 2.24) is 8.79 Å². The molecule has 1 saturated heterocycles. The van der Waals surface area contributed by atoms with Crippen molar-refractivity contribution in [1.29, 1.82) is 0 Å². The van der Waals surface area contributed by atoms with E-state index in [1.807, 2.05) is 0 Å². The predicted octanol–water partition coefficient (Wildman–Crippen LogP) is 8.22. The number of hydrogen-bond donors (Lipinski definition) is 0. The van der Waals surface area contributed by atoms with E-state index in [1.54, 1.807) is 0 Å². The van der Waals surface area contributed by atoms with Crippen LogP contribution in [0.15, 0.2) is 0 Å². The zero-order valence-electron chi connectivity index (χ0n) is 23.7. The molecule has 0 saturated carbocycles. The molecule has 1 aliphatic rings. The van der Waals surface area contributed by atoms with Crippen LogP contribution in [-0.2, 0) is 9.05 Å². The van der Waals surface area contributed by atoms with E-state index in [0.29, 0.717) is 0 Å². The van der Waals surface area contributed by atoms with E-state index in [-0.39, 0.29) is 20.2 Å². The van der Waals surface area contributed by atoms with Gasteiger partial charge in [0.2, 0.25) is 0 Å². The highest BCUT2D eigenvalue weighted by molar-refractivity contribution is 6.96. The molecule has 4 nitrogen and oxygen atoms in total. The largest absolute Gasteiger partial charge is 0.333 e. The second kappa shape index (κ2) is 7.61. The van der Waals surface area contributed by atoms with Gasteiger partial charge in [0.1, 0.15) is 0 Å². The molecule has 8 heteroatoms. The minimum absolute atomic E-state index is 0.0246. The molecule has 1 fully saturated rings. The Labute approximate surface area is 193 Å². The van der Waals surface area contributed by atoms with Gasteiger partial charge >= 0.3 is 17.0 Å². The van der Waals surface area contributed by atoms with Gasteiger partial charge < -0.3 is 9.05 Å². The molecule has 1 heterocycles. The Balaban J connectivity index is 3.91. The number of rotatable bonds is 2. The molecule has 2 unspecified atom stereocenters. The fourth-order valence-electron chi connectivity index (χ4n) is 3.39. The summed E-state index contributed by atoms with van der Waals surface area (Å²) in [4.78, 5) is 0. The van der Waals surface area contributed by atoms with Crippen molar-refractivity contribution in [3.63, 3.8) is 0 Å². The highest BCUT2D eigenvalue weighted by Gasteiger charge is 2.70. The van der Waals surface area contributed by atoms with E-state index < -0.39 is 33.4 Å². The smallest absolute Gasteiger partial charge is 0.310 e. The second-order valence-electron chi connectivity index (χ2n) is 14.9.